The van der Waals surface area contributed by atoms with Gasteiger partial charge in [0, 0.05) is 5.69 Å². The summed E-state index contributed by atoms with van der Waals surface area (Å²) in [6, 6.07) is 8.98. The summed E-state index contributed by atoms with van der Waals surface area (Å²) in [5.74, 6) is -2.31. The Bertz CT molecular complexity index is 787. The number of carbonyl (C=O) groups excluding carboxylic acids is 2. The normalized spacial score (nSPS) is 10.4. The second-order valence-electron chi connectivity index (χ2n) is 4.73. The topological polar surface area (TPSA) is 67.4 Å². The fraction of sp³-hybridized carbons (Fsp3) is 0.125. The second kappa shape index (κ2) is 8.39. The van der Waals surface area contributed by atoms with E-state index < -0.39 is 30.8 Å². The maximum atomic E-state index is 13.0. The highest BCUT2D eigenvalue weighted by Crippen LogP contribution is 2.20. The van der Waals surface area contributed by atoms with E-state index in [2.05, 4.69) is 15.4 Å². The Kier molecular flexibility index (Phi) is 6.24. The van der Waals surface area contributed by atoms with Gasteiger partial charge in [-0.05, 0) is 30.3 Å². The molecule has 0 bridgehead atoms. The van der Waals surface area contributed by atoms with Gasteiger partial charge in [-0.15, -0.1) is 0 Å². The van der Waals surface area contributed by atoms with Gasteiger partial charge in [-0.2, -0.15) is 8.78 Å². The van der Waals surface area contributed by atoms with E-state index in [1.165, 1.54) is 36.4 Å². The summed E-state index contributed by atoms with van der Waals surface area (Å²) in [7, 11) is 0. The lowest BCUT2D eigenvalue weighted by atomic mass is 10.2. The predicted molar refractivity (Wildman–Crippen MR) is 85.4 cm³/mol. The maximum absolute atomic E-state index is 13.0. The smallest absolute Gasteiger partial charge is 0.387 e. The minimum Gasteiger partial charge on any atom is -0.434 e. The number of alkyl halides is 2. The lowest BCUT2D eigenvalue weighted by molar-refractivity contribution is -0.115. The van der Waals surface area contributed by atoms with E-state index in [4.69, 9.17) is 11.6 Å². The van der Waals surface area contributed by atoms with Crippen LogP contribution < -0.4 is 15.4 Å². The molecule has 132 valence electrons. The molecule has 0 aliphatic rings. The van der Waals surface area contributed by atoms with Crippen LogP contribution in [0.1, 0.15) is 10.4 Å². The van der Waals surface area contributed by atoms with Crippen molar-refractivity contribution < 1.29 is 27.5 Å². The highest BCUT2D eigenvalue weighted by molar-refractivity contribution is 6.31. The van der Waals surface area contributed by atoms with Gasteiger partial charge in [-0.3, -0.25) is 9.59 Å². The molecule has 0 atom stereocenters. The van der Waals surface area contributed by atoms with E-state index in [0.29, 0.717) is 0 Å². The number of nitrogens with one attached hydrogen (secondary N) is 2. The summed E-state index contributed by atoms with van der Waals surface area (Å²) in [5.41, 5.74) is 0.104. The minimum atomic E-state index is -3.08. The number of carbonyl (C=O) groups is 2. The van der Waals surface area contributed by atoms with Crippen molar-refractivity contribution in [1.82, 2.24) is 5.32 Å². The molecule has 25 heavy (non-hydrogen) atoms. The van der Waals surface area contributed by atoms with Gasteiger partial charge in [0.1, 0.15) is 11.6 Å². The average molecular weight is 373 g/mol. The van der Waals surface area contributed by atoms with Crippen LogP contribution in [-0.2, 0) is 4.79 Å². The molecular formula is C16H12ClF3N2O3. The third-order valence-electron chi connectivity index (χ3n) is 2.96. The molecule has 0 aliphatic heterocycles. The first-order chi connectivity index (χ1) is 11.9. The number of para-hydroxylation sites is 1. The third-order valence-corrected chi connectivity index (χ3v) is 3.25. The maximum Gasteiger partial charge on any atom is 0.387 e. The fourth-order valence-electron chi connectivity index (χ4n) is 1.89. The van der Waals surface area contributed by atoms with Gasteiger partial charge in [0.25, 0.3) is 5.91 Å². The first-order valence-corrected chi connectivity index (χ1v) is 7.31. The van der Waals surface area contributed by atoms with Crippen LogP contribution in [0.4, 0.5) is 18.9 Å². The van der Waals surface area contributed by atoms with Crippen LogP contribution in [0.15, 0.2) is 42.5 Å². The molecule has 0 fully saturated rings. The molecule has 9 heteroatoms. The molecule has 2 aromatic rings. The third kappa shape index (κ3) is 5.39. The van der Waals surface area contributed by atoms with Crippen molar-refractivity contribution in [3.63, 3.8) is 0 Å². The zero-order valence-corrected chi connectivity index (χ0v) is 13.3. The van der Waals surface area contributed by atoms with Gasteiger partial charge >= 0.3 is 6.61 Å². The summed E-state index contributed by atoms with van der Waals surface area (Å²) >= 11 is 5.59. The summed E-state index contributed by atoms with van der Waals surface area (Å²) in [6.07, 6.45) is 0. The average Bonchev–Trinajstić information content (AvgIpc) is 2.56. The number of benzene rings is 2. The van der Waals surface area contributed by atoms with Crippen molar-refractivity contribution >= 4 is 29.1 Å². The molecule has 0 aliphatic carbocycles. The summed E-state index contributed by atoms with van der Waals surface area (Å²) in [5, 5.41) is 4.52. The largest absolute Gasteiger partial charge is 0.434 e. The molecule has 0 saturated heterocycles. The monoisotopic (exact) mass is 372 g/mol. The molecule has 0 radical (unpaired) electrons. The molecule has 0 saturated carbocycles. The van der Waals surface area contributed by atoms with Crippen molar-refractivity contribution in [3.05, 3.63) is 58.9 Å². The van der Waals surface area contributed by atoms with Crippen LogP contribution >= 0.6 is 11.6 Å². The van der Waals surface area contributed by atoms with Crippen LogP contribution in [0, 0.1) is 5.82 Å². The molecule has 2 amide bonds. The van der Waals surface area contributed by atoms with Gasteiger partial charge < -0.3 is 15.4 Å². The number of ether oxygens (including phenoxy) is 1. The summed E-state index contributed by atoms with van der Waals surface area (Å²) in [4.78, 5) is 23.8. The Morgan fingerprint density at radius 1 is 1.16 bits per heavy atom. The van der Waals surface area contributed by atoms with E-state index in [9.17, 15) is 22.8 Å². The number of amides is 2. The number of hydrogen-bond donors (Lipinski definition) is 2. The number of anilines is 1. The summed E-state index contributed by atoms with van der Waals surface area (Å²) < 4.78 is 41.9. The van der Waals surface area contributed by atoms with Crippen molar-refractivity contribution in [1.29, 1.82) is 0 Å². The van der Waals surface area contributed by atoms with E-state index in [-0.39, 0.29) is 22.0 Å². The SMILES string of the molecule is O=C(CNC(=O)c1ccccc1OC(F)F)Nc1ccc(F)c(Cl)c1. The van der Waals surface area contributed by atoms with Crippen molar-refractivity contribution in [2.45, 2.75) is 6.61 Å². The zero-order chi connectivity index (χ0) is 18.4. The molecule has 2 aromatic carbocycles. The Morgan fingerprint density at radius 2 is 1.88 bits per heavy atom. The lowest BCUT2D eigenvalue weighted by Crippen LogP contribution is -2.33. The van der Waals surface area contributed by atoms with Crippen LogP contribution in [-0.4, -0.2) is 25.0 Å². The molecule has 2 N–H and O–H groups in total. The number of hydrogen-bond acceptors (Lipinski definition) is 3. The van der Waals surface area contributed by atoms with Crippen LogP contribution in [0.3, 0.4) is 0 Å². The second-order valence-corrected chi connectivity index (χ2v) is 5.14. The first kappa shape index (κ1) is 18.6. The Balaban J connectivity index is 1.95. The summed E-state index contributed by atoms with van der Waals surface area (Å²) in [6.45, 7) is -3.52. The van der Waals surface area contributed by atoms with Gasteiger partial charge in [0.2, 0.25) is 5.91 Å². The standard InChI is InChI=1S/C16H12ClF3N2O3/c17-11-7-9(5-6-12(11)18)22-14(23)8-21-15(24)10-3-1-2-4-13(10)25-16(19)20/h1-7,16H,8H2,(H,21,24)(H,22,23). The number of halogens is 4. The van der Waals surface area contributed by atoms with Crippen molar-refractivity contribution in [2.75, 3.05) is 11.9 Å². The Morgan fingerprint density at radius 3 is 2.56 bits per heavy atom. The lowest BCUT2D eigenvalue weighted by Gasteiger charge is -2.11. The fourth-order valence-corrected chi connectivity index (χ4v) is 2.07. The molecule has 2 rings (SSSR count). The quantitative estimate of drug-likeness (QED) is 0.816. The Labute approximate surface area is 145 Å². The first-order valence-electron chi connectivity index (χ1n) is 6.93. The molecule has 0 aromatic heterocycles. The molecule has 0 unspecified atom stereocenters. The minimum absolute atomic E-state index is 0.138. The predicted octanol–water partition coefficient (Wildman–Crippen LogP) is 3.45. The van der Waals surface area contributed by atoms with E-state index in [0.717, 1.165) is 6.07 Å². The van der Waals surface area contributed by atoms with Gasteiger partial charge in [-0.25, -0.2) is 4.39 Å². The van der Waals surface area contributed by atoms with Gasteiger partial charge in [-0.1, -0.05) is 23.7 Å². The molecular weight excluding hydrogens is 361 g/mol. The van der Waals surface area contributed by atoms with Crippen LogP contribution in [0.25, 0.3) is 0 Å². The highest BCUT2D eigenvalue weighted by atomic mass is 35.5. The number of rotatable bonds is 6. The van der Waals surface area contributed by atoms with Crippen LogP contribution in [0.5, 0.6) is 5.75 Å². The van der Waals surface area contributed by atoms with Gasteiger partial charge in [0.05, 0.1) is 17.1 Å². The van der Waals surface area contributed by atoms with Crippen LogP contribution in [0.2, 0.25) is 5.02 Å². The zero-order valence-electron chi connectivity index (χ0n) is 12.6. The molecule has 0 heterocycles. The highest BCUT2D eigenvalue weighted by Gasteiger charge is 2.16. The van der Waals surface area contributed by atoms with Crippen molar-refractivity contribution in [3.8, 4) is 5.75 Å². The Hall–Kier alpha value is -2.74. The van der Waals surface area contributed by atoms with Crippen molar-refractivity contribution in [2.24, 2.45) is 0 Å². The van der Waals surface area contributed by atoms with E-state index in [1.807, 2.05) is 0 Å². The van der Waals surface area contributed by atoms with E-state index >= 15 is 0 Å². The van der Waals surface area contributed by atoms with Gasteiger partial charge in [0.15, 0.2) is 0 Å². The molecule has 5 nitrogen and oxygen atoms in total. The van der Waals surface area contributed by atoms with E-state index in [1.54, 1.807) is 0 Å². The molecule has 0 spiro atoms.